The number of fused-ring (bicyclic) bond motifs is 1. The number of aromatic nitrogens is 1. The number of rotatable bonds is 24. The molecule has 15 N–H and O–H groups in total. The van der Waals surface area contributed by atoms with Crippen LogP contribution in [0.15, 0.2) is 30.5 Å². The van der Waals surface area contributed by atoms with Crippen molar-refractivity contribution in [1.29, 1.82) is 0 Å². The molecule has 1 aromatic carbocycles. The summed E-state index contributed by atoms with van der Waals surface area (Å²) in [4.78, 5) is 128. The Labute approximate surface area is 337 Å². The predicted molar refractivity (Wildman–Crippen MR) is 206 cm³/mol. The van der Waals surface area contributed by atoms with E-state index < -0.39 is 140 Å². The van der Waals surface area contributed by atoms with Crippen LogP contribution >= 0.6 is 0 Å². The number of para-hydroxylation sites is 1. The van der Waals surface area contributed by atoms with Crippen molar-refractivity contribution in [3.63, 3.8) is 0 Å². The molecule has 0 saturated carbocycles. The lowest BCUT2D eigenvalue weighted by atomic mass is 10.0. The molecule has 59 heavy (non-hydrogen) atoms. The molecule has 0 aliphatic heterocycles. The molecule has 1 aromatic heterocycles. The van der Waals surface area contributed by atoms with Crippen LogP contribution in [0.25, 0.3) is 10.9 Å². The predicted octanol–water partition coefficient (Wildman–Crippen LogP) is -4.42. The maximum Gasteiger partial charge on any atom is 0.326 e. The third-order valence-corrected chi connectivity index (χ3v) is 8.75. The van der Waals surface area contributed by atoms with E-state index in [0.717, 1.165) is 10.9 Å². The van der Waals surface area contributed by atoms with Crippen molar-refractivity contribution in [1.82, 2.24) is 42.2 Å². The van der Waals surface area contributed by atoms with Gasteiger partial charge >= 0.3 is 11.9 Å². The van der Waals surface area contributed by atoms with Crippen molar-refractivity contribution >= 4 is 70.1 Å². The van der Waals surface area contributed by atoms with Gasteiger partial charge in [0, 0.05) is 29.9 Å². The van der Waals surface area contributed by atoms with Gasteiger partial charge in [0.05, 0.1) is 25.6 Å². The van der Waals surface area contributed by atoms with Gasteiger partial charge in [0.15, 0.2) is 0 Å². The smallest absolute Gasteiger partial charge is 0.326 e. The van der Waals surface area contributed by atoms with Crippen LogP contribution in [0, 0.1) is 5.92 Å². The highest BCUT2D eigenvalue weighted by Crippen LogP contribution is 2.19. The molecule has 0 saturated heterocycles. The van der Waals surface area contributed by atoms with Crippen LogP contribution in [-0.4, -0.2) is 135 Å². The molecule has 23 heteroatoms. The zero-order valence-electron chi connectivity index (χ0n) is 32.8. The second-order valence-electron chi connectivity index (χ2n) is 13.9. The summed E-state index contributed by atoms with van der Waals surface area (Å²) in [6, 6.07) is -1.70. The van der Waals surface area contributed by atoms with E-state index in [2.05, 4.69) is 36.9 Å². The molecular weight excluding hydrogens is 780 g/mol. The number of carboxylic acids is 2. The fourth-order valence-electron chi connectivity index (χ4n) is 5.55. The highest BCUT2D eigenvalue weighted by atomic mass is 16.4. The number of aliphatic carboxylic acids is 2. The average molecular weight is 833 g/mol. The molecule has 1 heterocycles. The van der Waals surface area contributed by atoms with Gasteiger partial charge in [-0.1, -0.05) is 32.0 Å². The van der Waals surface area contributed by atoms with Gasteiger partial charge in [0.1, 0.15) is 36.3 Å². The summed E-state index contributed by atoms with van der Waals surface area (Å²) in [5.41, 5.74) is 12.0. The van der Waals surface area contributed by atoms with Gasteiger partial charge in [-0.2, -0.15) is 0 Å². The number of aromatic amines is 1. The largest absolute Gasteiger partial charge is 0.481 e. The van der Waals surface area contributed by atoms with Crippen molar-refractivity contribution in [3.05, 3.63) is 36.0 Å². The minimum absolute atomic E-state index is 0.00983. The summed E-state index contributed by atoms with van der Waals surface area (Å²) >= 11 is 0. The Morgan fingerprint density at radius 3 is 1.92 bits per heavy atom. The molecule has 7 atom stereocenters. The van der Waals surface area contributed by atoms with Crippen LogP contribution < -0.4 is 48.7 Å². The topological polar surface area (TPSA) is 383 Å². The number of hydrogen-bond donors (Lipinski definition) is 13. The lowest BCUT2D eigenvalue weighted by Crippen LogP contribution is -2.59. The molecule has 0 aliphatic carbocycles. The summed E-state index contributed by atoms with van der Waals surface area (Å²) in [6.07, 6.45) is -1.65. The molecule has 0 unspecified atom stereocenters. The van der Waals surface area contributed by atoms with Crippen molar-refractivity contribution < 1.29 is 63.3 Å². The quantitative estimate of drug-likeness (QED) is 0.0475. The zero-order chi connectivity index (χ0) is 44.6. The summed E-state index contributed by atoms with van der Waals surface area (Å²) in [6.45, 7) is 4.39. The highest BCUT2D eigenvalue weighted by molar-refractivity contribution is 5.97. The molecular formula is C36H52N10O13. The highest BCUT2D eigenvalue weighted by Gasteiger charge is 2.33. The van der Waals surface area contributed by atoms with E-state index in [9.17, 15) is 58.2 Å². The zero-order valence-corrected chi connectivity index (χ0v) is 32.8. The monoisotopic (exact) mass is 832 g/mol. The van der Waals surface area contributed by atoms with E-state index in [1.54, 1.807) is 26.1 Å². The van der Waals surface area contributed by atoms with E-state index in [1.165, 1.54) is 13.8 Å². The summed E-state index contributed by atoms with van der Waals surface area (Å²) in [5, 5.41) is 45.6. The minimum Gasteiger partial charge on any atom is -0.481 e. The fraction of sp³-hybridized carbons (Fsp3) is 0.500. The SMILES string of the molecule is CC(C)[C@H](NC(=O)CNC(=O)[C@@H](NC(=O)[C@H](Cc1c[nH]c2ccccc12)NC(=O)CN)[C@@H](C)O)C(=O)N[C@@H](C)C(=O)N[C@@H](CCC(N)=O)C(=O)N[C@@H](CC(=O)O)C(=O)O. The normalized spacial score (nSPS) is 14.6. The Bertz CT molecular complexity index is 1880. The van der Waals surface area contributed by atoms with E-state index in [0.29, 0.717) is 5.56 Å². The second-order valence-corrected chi connectivity index (χ2v) is 13.9. The first-order valence-electron chi connectivity index (χ1n) is 18.4. The molecule has 8 amide bonds. The number of aliphatic hydroxyl groups excluding tert-OH is 1. The molecule has 324 valence electrons. The summed E-state index contributed by atoms with van der Waals surface area (Å²) < 4.78 is 0. The number of carbonyl (C=O) groups excluding carboxylic acids is 8. The molecule has 2 aromatic rings. The maximum atomic E-state index is 13.4. The minimum atomic E-state index is -1.87. The van der Waals surface area contributed by atoms with Gasteiger partial charge in [0.2, 0.25) is 47.3 Å². The van der Waals surface area contributed by atoms with Gasteiger partial charge in [0.25, 0.3) is 0 Å². The van der Waals surface area contributed by atoms with Crippen molar-refractivity contribution in [2.45, 2.75) is 95.7 Å². The maximum absolute atomic E-state index is 13.4. The summed E-state index contributed by atoms with van der Waals surface area (Å²) in [7, 11) is 0. The van der Waals surface area contributed by atoms with Crippen LogP contribution in [0.5, 0.6) is 0 Å². The molecule has 0 bridgehead atoms. The molecule has 0 aliphatic rings. The van der Waals surface area contributed by atoms with E-state index in [1.807, 2.05) is 23.5 Å². The molecule has 0 fully saturated rings. The average Bonchev–Trinajstić information content (AvgIpc) is 3.57. The number of carboxylic acid groups (broad SMARTS) is 2. The van der Waals surface area contributed by atoms with Crippen molar-refractivity contribution in [2.75, 3.05) is 13.1 Å². The number of aliphatic hydroxyl groups is 1. The van der Waals surface area contributed by atoms with Crippen molar-refractivity contribution in [3.8, 4) is 0 Å². The molecule has 0 radical (unpaired) electrons. The van der Waals surface area contributed by atoms with E-state index >= 15 is 0 Å². The third kappa shape index (κ3) is 15.7. The number of benzene rings is 1. The standard InChI is InChI=1S/C36H52N10O13/c1-16(2)29(35(57)41-17(3)31(53)43-22(9-10-25(38)48)32(54)44-24(36(58)59)12-28(51)52)45-27(50)15-40-34(56)30(18(4)47)46-33(55)23(42-26(49)13-37)11-19-14-39-21-8-6-5-7-20(19)21/h5-8,14,16-18,22-24,29-30,39,47H,9-13,15,37H2,1-4H3,(H2,38,48)(H,40,56)(H,41,57)(H,42,49)(H,43,53)(H,44,54)(H,45,50)(H,46,55)(H,51,52)(H,58,59)/t17-,18+,22-,23-,24-,29-,30-/m0/s1. The Morgan fingerprint density at radius 2 is 1.34 bits per heavy atom. The van der Waals surface area contributed by atoms with Gasteiger partial charge < -0.3 is 69.0 Å². The first-order chi connectivity index (χ1) is 27.6. The number of nitrogens with one attached hydrogen (secondary N) is 8. The fourth-order valence-corrected chi connectivity index (χ4v) is 5.55. The number of amides is 8. The Balaban J connectivity index is 2.07. The first kappa shape index (κ1) is 48.5. The molecule has 23 nitrogen and oxygen atoms in total. The number of H-pyrrole nitrogens is 1. The van der Waals surface area contributed by atoms with E-state index in [4.69, 9.17) is 16.6 Å². The van der Waals surface area contributed by atoms with Crippen LogP contribution in [0.1, 0.15) is 52.5 Å². The summed E-state index contributed by atoms with van der Waals surface area (Å²) in [5.74, 6) is -11.0. The second kappa shape index (κ2) is 23.0. The van der Waals surface area contributed by atoms with Gasteiger partial charge in [-0.15, -0.1) is 0 Å². The Kier molecular flexibility index (Phi) is 18.9. The number of hydrogen-bond acceptors (Lipinski definition) is 12. The lowest BCUT2D eigenvalue weighted by molar-refractivity contribution is -0.147. The Hall–Kier alpha value is -6.62. The number of carbonyl (C=O) groups is 10. The number of primary amides is 1. The van der Waals surface area contributed by atoms with Gasteiger partial charge in [-0.05, 0) is 37.8 Å². The van der Waals surface area contributed by atoms with E-state index in [-0.39, 0.29) is 6.42 Å². The van der Waals surface area contributed by atoms with Gasteiger partial charge in [-0.25, -0.2) is 4.79 Å². The lowest BCUT2D eigenvalue weighted by Gasteiger charge is -2.26. The van der Waals surface area contributed by atoms with Crippen LogP contribution in [0.3, 0.4) is 0 Å². The van der Waals surface area contributed by atoms with Crippen LogP contribution in [0.4, 0.5) is 0 Å². The van der Waals surface area contributed by atoms with Crippen LogP contribution in [0.2, 0.25) is 0 Å². The first-order valence-corrected chi connectivity index (χ1v) is 18.4. The van der Waals surface area contributed by atoms with Crippen molar-refractivity contribution in [2.24, 2.45) is 17.4 Å². The van der Waals surface area contributed by atoms with Gasteiger partial charge in [-0.3, -0.25) is 43.2 Å². The van der Waals surface area contributed by atoms with Crippen LogP contribution in [-0.2, 0) is 54.4 Å². The number of nitrogens with two attached hydrogens (primary N) is 2. The molecule has 2 rings (SSSR count). The Morgan fingerprint density at radius 1 is 0.712 bits per heavy atom. The third-order valence-electron chi connectivity index (χ3n) is 8.75. The molecule has 0 spiro atoms.